The third kappa shape index (κ3) is 6.05. The summed E-state index contributed by atoms with van der Waals surface area (Å²) >= 11 is 8.16. The molecule has 1 aliphatic heterocycles. The Hall–Kier alpha value is -4.10. The number of benzene rings is 1. The zero-order valence-electron chi connectivity index (χ0n) is 27.5. The van der Waals surface area contributed by atoms with Gasteiger partial charge in [0.25, 0.3) is 0 Å². The van der Waals surface area contributed by atoms with Gasteiger partial charge in [0.05, 0.1) is 29.3 Å². The fourth-order valence-corrected chi connectivity index (χ4v) is 9.08. The van der Waals surface area contributed by atoms with Gasteiger partial charge in [-0.05, 0) is 49.8 Å². The summed E-state index contributed by atoms with van der Waals surface area (Å²) in [6.45, 7) is 6.84. The van der Waals surface area contributed by atoms with Crippen molar-refractivity contribution in [3.63, 3.8) is 0 Å². The third-order valence-corrected chi connectivity index (χ3v) is 12.8. The zero-order chi connectivity index (χ0) is 34.7. The van der Waals surface area contributed by atoms with Crippen molar-refractivity contribution in [3.8, 4) is 5.69 Å². The number of imidazole rings is 1. The van der Waals surface area contributed by atoms with Crippen LogP contribution in [0.25, 0.3) is 16.9 Å². The van der Waals surface area contributed by atoms with E-state index >= 15 is 0 Å². The van der Waals surface area contributed by atoms with Gasteiger partial charge in [0, 0.05) is 54.9 Å². The minimum Gasteiger partial charge on any atom is -0.355 e. The van der Waals surface area contributed by atoms with Crippen molar-refractivity contribution in [1.29, 1.82) is 0 Å². The van der Waals surface area contributed by atoms with Crippen LogP contribution in [0.5, 0.6) is 0 Å². The smallest absolute Gasteiger partial charge is 0.334 e. The summed E-state index contributed by atoms with van der Waals surface area (Å²) in [5, 5.41) is 4.67. The van der Waals surface area contributed by atoms with Crippen molar-refractivity contribution >= 4 is 70.3 Å². The minimum atomic E-state index is -2.72. The predicted octanol–water partition coefficient (Wildman–Crippen LogP) is 4.62. The molecule has 0 radical (unpaired) electrons. The van der Waals surface area contributed by atoms with Crippen LogP contribution >= 0.6 is 30.5 Å². The Balaban J connectivity index is 1.09. The first-order valence-corrected chi connectivity index (χ1v) is 19.7. The second kappa shape index (κ2) is 12.7. The van der Waals surface area contributed by atoms with E-state index in [0.29, 0.717) is 49.3 Å². The normalized spacial score (nSPS) is 19.2. The summed E-state index contributed by atoms with van der Waals surface area (Å²) in [7, 11) is -1.08. The maximum Gasteiger partial charge on any atom is 0.334 e. The molecule has 4 aromatic heterocycles. The SMILES string of the molecule is C[C@@H]1C(=O)CC2(CCN(c3cnc(Sc4ccnc(Nc5ncc6c(n5)n(-c5ccccc5P(C)(C)=O)c(=O)n6C)c4Cl)cn3)CC2)[C@H]1N. The van der Waals surface area contributed by atoms with Crippen molar-refractivity contribution in [2.24, 2.45) is 24.1 Å². The average molecular weight is 719 g/mol. The van der Waals surface area contributed by atoms with Crippen LogP contribution < -0.4 is 26.9 Å². The van der Waals surface area contributed by atoms with Gasteiger partial charge in [0.15, 0.2) is 11.5 Å². The van der Waals surface area contributed by atoms with Gasteiger partial charge in [0.1, 0.15) is 29.3 Å². The number of fused-ring (bicyclic) bond motifs is 1. The molecule has 1 saturated carbocycles. The van der Waals surface area contributed by atoms with Gasteiger partial charge in [-0.2, -0.15) is 4.98 Å². The number of nitrogens with zero attached hydrogens (tertiary/aromatic N) is 8. The molecule has 2 aliphatic rings. The summed E-state index contributed by atoms with van der Waals surface area (Å²) in [5.41, 5.74) is 7.39. The monoisotopic (exact) mass is 718 g/mol. The van der Waals surface area contributed by atoms with E-state index in [2.05, 4.69) is 35.1 Å². The lowest BCUT2D eigenvalue weighted by Gasteiger charge is -2.42. The number of ketones is 1. The number of carbonyl (C=O) groups excluding carboxylic acids is 1. The lowest BCUT2D eigenvalue weighted by molar-refractivity contribution is -0.120. The minimum absolute atomic E-state index is 0.0790. The number of anilines is 3. The van der Waals surface area contributed by atoms with Gasteiger partial charge < -0.3 is 20.5 Å². The van der Waals surface area contributed by atoms with Gasteiger partial charge in [-0.1, -0.05) is 42.4 Å². The number of nitrogens with one attached hydrogen (secondary N) is 1. The molecular weight excluding hydrogens is 683 g/mol. The molecule has 1 aliphatic carbocycles. The summed E-state index contributed by atoms with van der Waals surface area (Å²) in [6, 6.07) is 8.82. The van der Waals surface area contributed by atoms with Crippen LogP contribution in [0.3, 0.4) is 0 Å². The highest BCUT2D eigenvalue weighted by atomic mass is 35.5. The molecule has 0 unspecified atom stereocenters. The fraction of sp³-hybridized carbons (Fsp3) is 0.364. The number of pyridine rings is 1. The topological polar surface area (TPSA) is 167 Å². The molecule has 13 nitrogen and oxygen atoms in total. The number of rotatable bonds is 7. The molecule has 0 amide bonds. The van der Waals surface area contributed by atoms with Crippen LogP contribution in [0.1, 0.15) is 26.2 Å². The summed E-state index contributed by atoms with van der Waals surface area (Å²) < 4.78 is 16.0. The molecule has 0 bridgehead atoms. The molecule has 5 heterocycles. The fourth-order valence-electron chi connectivity index (χ4n) is 6.88. The molecule has 3 N–H and O–H groups in total. The summed E-state index contributed by atoms with van der Waals surface area (Å²) in [4.78, 5) is 51.4. The third-order valence-electron chi connectivity index (χ3n) is 9.78. The highest BCUT2D eigenvalue weighted by molar-refractivity contribution is 7.99. The number of halogens is 1. The highest BCUT2D eigenvalue weighted by Gasteiger charge is 2.50. The number of aromatic nitrogens is 7. The summed E-state index contributed by atoms with van der Waals surface area (Å²) in [6.07, 6.45) is 8.93. The Morgan fingerprint density at radius 2 is 1.80 bits per heavy atom. The summed E-state index contributed by atoms with van der Waals surface area (Å²) in [5.74, 6) is 1.48. The van der Waals surface area contributed by atoms with Gasteiger partial charge in [-0.15, -0.1) is 0 Å². The van der Waals surface area contributed by atoms with Crippen LogP contribution in [-0.2, 0) is 16.4 Å². The van der Waals surface area contributed by atoms with Crippen molar-refractivity contribution in [2.75, 3.05) is 36.6 Å². The van der Waals surface area contributed by atoms with Crippen LogP contribution in [-0.4, -0.2) is 72.3 Å². The Bertz CT molecular complexity index is 2190. The number of piperidine rings is 1. The van der Waals surface area contributed by atoms with E-state index in [1.165, 1.54) is 20.9 Å². The van der Waals surface area contributed by atoms with Crippen LogP contribution in [0.15, 0.2) is 69.8 Å². The van der Waals surface area contributed by atoms with E-state index < -0.39 is 7.14 Å². The van der Waals surface area contributed by atoms with E-state index in [-0.39, 0.29) is 34.8 Å². The number of Topliss-reactive ketones (excluding diaryl/α,β-unsaturated/α-hetero) is 1. The Kier molecular flexibility index (Phi) is 8.63. The van der Waals surface area contributed by atoms with Crippen molar-refractivity contribution in [3.05, 3.63) is 70.6 Å². The van der Waals surface area contributed by atoms with Gasteiger partial charge in [-0.25, -0.2) is 29.3 Å². The predicted molar refractivity (Wildman–Crippen MR) is 193 cm³/mol. The maximum atomic E-state index is 13.4. The molecule has 49 heavy (non-hydrogen) atoms. The van der Waals surface area contributed by atoms with Crippen molar-refractivity contribution in [2.45, 2.75) is 42.1 Å². The second-order valence-electron chi connectivity index (χ2n) is 13.1. The molecule has 7 rings (SSSR count). The van der Waals surface area contributed by atoms with Gasteiger partial charge in [-0.3, -0.25) is 9.36 Å². The lowest BCUT2D eigenvalue weighted by atomic mass is 9.73. The Morgan fingerprint density at radius 3 is 2.47 bits per heavy atom. The van der Waals surface area contributed by atoms with E-state index in [1.54, 1.807) is 75.5 Å². The van der Waals surface area contributed by atoms with Crippen molar-refractivity contribution < 1.29 is 9.36 Å². The zero-order valence-corrected chi connectivity index (χ0v) is 30.0. The highest BCUT2D eigenvalue weighted by Crippen LogP contribution is 2.47. The Labute approximate surface area is 292 Å². The molecule has 1 aromatic carbocycles. The van der Waals surface area contributed by atoms with Gasteiger partial charge in [0.2, 0.25) is 5.95 Å². The first-order chi connectivity index (χ1) is 23.4. The molecule has 2 fully saturated rings. The molecule has 2 atom stereocenters. The second-order valence-corrected chi connectivity index (χ2v) is 17.8. The van der Waals surface area contributed by atoms with E-state index in [9.17, 15) is 14.2 Å². The molecule has 254 valence electrons. The van der Waals surface area contributed by atoms with E-state index in [4.69, 9.17) is 17.3 Å². The quantitative estimate of drug-likeness (QED) is 0.225. The number of hydrogen-bond acceptors (Lipinski definition) is 12. The Morgan fingerprint density at radius 1 is 1.04 bits per heavy atom. The van der Waals surface area contributed by atoms with Crippen LogP contribution in [0, 0.1) is 11.3 Å². The van der Waals surface area contributed by atoms with Crippen LogP contribution in [0.2, 0.25) is 5.02 Å². The largest absolute Gasteiger partial charge is 0.355 e. The van der Waals surface area contributed by atoms with Crippen LogP contribution in [0.4, 0.5) is 17.6 Å². The molecule has 5 aromatic rings. The van der Waals surface area contributed by atoms with E-state index in [0.717, 1.165) is 31.7 Å². The molecule has 1 saturated heterocycles. The number of carbonyl (C=O) groups is 1. The number of aryl methyl sites for hydroxylation is 1. The molecule has 16 heteroatoms. The number of nitrogens with two attached hydrogens (primary N) is 1. The first-order valence-electron chi connectivity index (χ1n) is 15.9. The molecule has 1 spiro atoms. The number of hydrogen-bond donors (Lipinski definition) is 2. The first kappa shape index (κ1) is 33.4. The number of para-hydroxylation sites is 1. The van der Waals surface area contributed by atoms with E-state index in [1.807, 2.05) is 6.92 Å². The van der Waals surface area contributed by atoms with Crippen molar-refractivity contribution in [1.82, 2.24) is 34.1 Å². The lowest BCUT2D eigenvalue weighted by Crippen LogP contribution is -2.48. The maximum absolute atomic E-state index is 13.4. The standard InChI is InChI=1S/C33H36ClN10O3PS/c1-19-22(45)15-33(28(19)35)10-13-43(14-11-33)25-17-38-26(18-37-25)49-24-9-12-36-29(27(24)34)40-31-39-16-21-30(41-31)44(32(46)42(21)2)20-7-5-6-8-23(20)48(3,4)47/h5-9,12,16-19,28H,10-11,13-15,35H2,1-4H3,(H,36,39,40,41)/t19-,28+/m1/s1. The average Bonchev–Trinajstić information content (AvgIpc) is 3.45. The van der Waals surface area contributed by atoms with Gasteiger partial charge >= 0.3 is 5.69 Å². The molecular formula is C33H36ClN10O3PS.